The molecule has 0 aliphatic rings. The maximum Gasteiger partial charge on any atom is 0.267 e. The first-order chi connectivity index (χ1) is 10.5. The molecule has 0 radical (unpaired) electrons. The Bertz CT molecular complexity index is 637. The largest absolute Gasteiger partial charge is 0.369 e. The Labute approximate surface area is 139 Å². The number of anilines is 1. The standard InChI is InChI=1S/C16H15Cl2N3O/c1-3-7-21(8-4-2)11-12(10-19)16(22)20-15-6-5-13(17)9-14(15)18/h3-6,9,11H,1-2,7-8H2,(H,20,22)/b12-11-. The Hall–Kier alpha value is -2.22. The number of nitriles is 1. The van der Waals surface area contributed by atoms with Gasteiger partial charge >= 0.3 is 0 Å². The number of nitrogens with zero attached hydrogens (tertiary/aromatic N) is 2. The van der Waals surface area contributed by atoms with Crippen LogP contribution in [0.5, 0.6) is 0 Å². The number of nitrogens with one attached hydrogen (secondary N) is 1. The molecule has 0 heterocycles. The van der Waals surface area contributed by atoms with Gasteiger partial charge in [-0.05, 0) is 18.2 Å². The van der Waals surface area contributed by atoms with Gasteiger partial charge in [-0.15, -0.1) is 13.2 Å². The summed E-state index contributed by atoms with van der Waals surface area (Å²) in [6, 6.07) is 6.55. The van der Waals surface area contributed by atoms with Gasteiger partial charge in [-0.3, -0.25) is 4.79 Å². The highest BCUT2D eigenvalue weighted by Crippen LogP contribution is 2.25. The summed E-state index contributed by atoms with van der Waals surface area (Å²) in [6.45, 7) is 8.24. The Morgan fingerprint density at radius 1 is 1.32 bits per heavy atom. The molecule has 1 aromatic rings. The Morgan fingerprint density at radius 2 is 1.95 bits per heavy atom. The molecule has 114 valence electrons. The van der Waals surface area contributed by atoms with E-state index in [0.29, 0.717) is 28.8 Å². The lowest BCUT2D eigenvalue weighted by Crippen LogP contribution is -2.21. The van der Waals surface area contributed by atoms with Gasteiger partial charge in [0, 0.05) is 24.3 Å². The van der Waals surface area contributed by atoms with Crippen LogP contribution in [-0.2, 0) is 4.79 Å². The number of rotatable bonds is 7. The molecular weight excluding hydrogens is 321 g/mol. The minimum atomic E-state index is -0.551. The molecule has 0 fully saturated rings. The van der Waals surface area contributed by atoms with E-state index < -0.39 is 5.91 Å². The van der Waals surface area contributed by atoms with Crippen molar-refractivity contribution in [3.05, 3.63) is 65.3 Å². The van der Waals surface area contributed by atoms with E-state index in [1.165, 1.54) is 12.3 Å². The second-order valence-corrected chi connectivity index (χ2v) is 5.11. The minimum Gasteiger partial charge on any atom is -0.369 e. The van der Waals surface area contributed by atoms with Crippen molar-refractivity contribution >= 4 is 34.8 Å². The Kier molecular flexibility index (Phi) is 7.24. The predicted octanol–water partition coefficient (Wildman–Crippen LogP) is 4.01. The molecular formula is C16H15Cl2N3O. The molecule has 0 aliphatic carbocycles. The third-order valence-electron chi connectivity index (χ3n) is 2.58. The number of carbonyl (C=O) groups excluding carboxylic acids is 1. The summed E-state index contributed by atoms with van der Waals surface area (Å²) in [5.74, 6) is -0.551. The summed E-state index contributed by atoms with van der Waals surface area (Å²) >= 11 is 11.8. The molecule has 1 N–H and O–H groups in total. The van der Waals surface area contributed by atoms with Gasteiger partial charge in [-0.1, -0.05) is 35.4 Å². The molecule has 0 unspecified atom stereocenters. The van der Waals surface area contributed by atoms with Crippen molar-refractivity contribution in [1.29, 1.82) is 5.26 Å². The fraction of sp³-hybridized carbons (Fsp3) is 0.125. The molecule has 0 spiro atoms. The third-order valence-corrected chi connectivity index (χ3v) is 3.13. The minimum absolute atomic E-state index is 0.0466. The van der Waals surface area contributed by atoms with Crippen LogP contribution in [0, 0.1) is 11.3 Å². The number of amides is 1. The lowest BCUT2D eigenvalue weighted by atomic mass is 10.2. The van der Waals surface area contributed by atoms with Crippen LogP contribution in [0.2, 0.25) is 10.0 Å². The van der Waals surface area contributed by atoms with Crippen LogP contribution in [0.4, 0.5) is 5.69 Å². The summed E-state index contributed by atoms with van der Waals surface area (Å²) in [7, 11) is 0. The zero-order valence-corrected chi connectivity index (χ0v) is 13.4. The second-order valence-electron chi connectivity index (χ2n) is 4.26. The normalized spacial score (nSPS) is 10.5. The van der Waals surface area contributed by atoms with Crippen molar-refractivity contribution in [3.63, 3.8) is 0 Å². The van der Waals surface area contributed by atoms with Crippen LogP contribution in [-0.4, -0.2) is 23.9 Å². The van der Waals surface area contributed by atoms with Crippen molar-refractivity contribution in [3.8, 4) is 6.07 Å². The van der Waals surface area contributed by atoms with Crippen LogP contribution in [0.1, 0.15) is 0 Å². The van der Waals surface area contributed by atoms with E-state index in [9.17, 15) is 4.79 Å². The maximum absolute atomic E-state index is 12.2. The molecule has 6 heteroatoms. The third kappa shape index (κ3) is 5.28. The zero-order valence-electron chi connectivity index (χ0n) is 11.9. The van der Waals surface area contributed by atoms with Crippen LogP contribution in [0.25, 0.3) is 0 Å². The monoisotopic (exact) mass is 335 g/mol. The number of hydrogen-bond acceptors (Lipinski definition) is 3. The summed E-state index contributed by atoms with van der Waals surface area (Å²) in [6.07, 6.45) is 4.80. The highest BCUT2D eigenvalue weighted by atomic mass is 35.5. The summed E-state index contributed by atoms with van der Waals surface area (Å²) in [4.78, 5) is 13.9. The molecule has 1 aromatic carbocycles. The average Bonchev–Trinajstić information content (AvgIpc) is 2.47. The van der Waals surface area contributed by atoms with Crippen molar-refractivity contribution < 1.29 is 4.79 Å². The predicted molar refractivity (Wildman–Crippen MR) is 90.8 cm³/mol. The fourth-order valence-electron chi connectivity index (χ4n) is 1.61. The van der Waals surface area contributed by atoms with Crippen molar-refractivity contribution in [2.75, 3.05) is 18.4 Å². The number of carbonyl (C=O) groups is 1. The molecule has 1 rings (SSSR count). The SMILES string of the molecule is C=CCN(/C=C(/C#N)C(=O)Nc1ccc(Cl)cc1Cl)CC=C. The second kappa shape index (κ2) is 8.93. The molecule has 0 atom stereocenters. The van der Waals surface area contributed by atoms with Gasteiger partial charge in [0.2, 0.25) is 0 Å². The zero-order chi connectivity index (χ0) is 16.5. The highest BCUT2D eigenvalue weighted by Gasteiger charge is 2.12. The lowest BCUT2D eigenvalue weighted by Gasteiger charge is -2.16. The van der Waals surface area contributed by atoms with E-state index in [1.54, 1.807) is 29.2 Å². The van der Waals surface area contributed by atoms with Gasteiger partial charge in [0.05, 0.1) is 10.7 Å². The molecule has 0 bridgehead atoms. The van der Waals surface area contributed by atoms with E-state index in [0.717, 1.165) is 0 Å². The van der Waals surface area contributed by atoms with Crippen molar-refractivity contribution in [2.45, 2.75) is 0 Å². The Balaban J connectivity index is 2.94. The average molecular weight is 336 g/mol. The quantitative estimate of drug-likeness (QED) is 0.465. The molecule has 22 heavy (non-hydrogen) atoms. The van der Waals surface area contributed by atoms with E-state index in [2.05, 4.69) is 18.5 Å². The van der Waals surface area contributed by atoms with Crippen molar-refractivity contribution in [2.24, 2.45) is 0 Å². The molecule has 0 saturated carbocycles. The van der Waals surface area contributed by atoms with E-state index >= 15 is 0 Å². The van der Waals surface area contributed by atoms with Gasteiger partial charge in [0.25, 0.3) is 5.91 Å². The topological polar surface area (TPSA) is 56.1 Å². The van der Waals surface area contributed by atoms with Gasteiger partial charge in [0.15, 0.2) is 0 Å². The summed E-state index contributed by atoms with van der Waals surface area (Å²) < 4.78 is 0. The fourth-order valence-corrected chi connectivity index (χ4v) is 2.07. The van der Waals surface area contributed by atoms with E-state index in [1.807, 2.05) is 6.07 Å². The summed E-state index contributed by atoms with van der Waals surface area (Å²) in [5.41, 5.74) is 0.339. The van der Waals surface area contributed by atoms with Gasteiger partial charge in [-0.2, -0.15) is 5.26 Å². The first kappa shape index (κ1) is 17.8. The lowest BCUT2D eigenvalue weighted by molar-refractivity contribution is -0.112. The van der Waals surface area contributed by atoms with Crippen LogP contribution >= 0.6 is 23.2 Å². The number of hydrogen-bond donors (Lipinski definition) is 1. The smallest absolute Gasteiger partial charge is 0.267 e. The van der Waals surface area contributed by atoms with Gasteiger partial charge in [-0.25, -0.2) is 0 Å². The summed E-state index contributed by atoms with van der Waals surface area (Å²) in [5, 5.41) is 12.5. The van der Waals surface area contributed by atoms with E-state index in [-0.39, 0.29) is 5.57 Å². The molecule has 0 aromatic heterocycles. The molecule has 0 aliphatic heterocycles. The van der Waals surface area contributed by atoms with Crippen molar-refractivity contribution in [1.82, 2.24) is 4.90 Å². The molecule has 0 saturated heterocycles. The van der Waals surface area contributed by atoms with Gasteiger partial charge < -0.3 is 10.2 Å². The Morgan fingerprint density at radius 3 is 2.45 bits per heavy atom. The number of benzene rings is 1. The van der Waals surface area contributed by atoms with E-state index in [4.69, 9.17) is 28.5 Å². The first-order valence-corrected chi connectivity index (χ1v) is 7.11. The molecule has 1 amide bonds. The van der Waals surface area contributed by atoms with Crippen LogP contribution in [0.3, 0.4) is 0 Å². The van der Waals surface area contributed by atoms with Gasteiger partial charge in [0.1, 0.15) is 11.6 Å². The first-order valence-electron chi connectivity index (χ1n) is 6.36. The highest BCUT2D eigenvalue weighted by molar-refractivity contribution is 6.36. The van der Waals surface area contributed by atoms with Crippen LogP contribution in [0.15, 0.2) is 55.3 Å². The maximum atomic E-state index is 12.2. The molecule has 4 nitrogen and oxygen atoms in total. The van der Waals surface area contributed by atoms with Crippen LogP contribution < -0.4 is 5.32 Å². The number of halogens is 2.